The van der Waals surface area contributed by atoms with E-state index in [4.69, 9.17) is 4.74 Å². The van der Waals surface area contributed by atoms with Crippen molar-refractivity contribution >= 4 is 9.84 Å². The second kappa shape index (κ2) is 6.33. The lowest BCUT2D eigenvalue weighted by molar-refractivity contribution is 0.421. The zero-order chi connectivity index (χ0) is 16.4. The summed E-state index contributed by atoms with van der Waals surface area (Å²) in [5, 5.41) is 7.74. The van der Waals surface area contributed by atoms with Gasteiger partial charge in [-0.2, -0.15) is 5.10 Å². The topological polar surface area (TPSA) is 73.2 Å². The molecule has 1 aliphatic heterocycles. The van der Waals surface area contributed by atoms with Crippen LogP contribution in [-0.4, -0.2) is 35.7 Å². The number of nitrogens with zero attached hydrogens (tertiary/aromatic N) is 2. The number of nitrogens with one attached hydrogen (secondary N) is 1. The molecule has 0 radical (unpaired) electrons. The van der Waals surface area contributed by atoms with Crippen molar-refractivity contribution in [3.05, 3.63) is 41.6 Å². The Kier molecular flexibility index (Phi) is 4.41. The van der Waals surface area contributed by atoms with Crippen LogP contribution in [0.3, 0.4) is 0 Å². The molecular weight excluding hydrogens is 314 g/mol. The fraction of sp³-hybridized carbons (Fsp3) is 0.438. The summed E-state index contributed by atoms with van der Waals surface area (Å²) in [6, 6.07) is 9.56. The number of aromatic nitrogens is 2. The smallest absolute Gasteiger partial charge is 0.222 e. The van der Waals surface area contributed by atoms with Crippen LogP contribution >= 0.6 is 0 Å². The maximum atomic E-state index is 11.6. The second-order valence-electron chi connectivity index (χ2n) is 5.89. The molecule has 2 aromatic rings. The van der Waals surface area contributed by atoms with Gasteiger partial charge in [0.05, 0.1) is 22.8 Å². The van der Waals surface area contributed by atoms with Crippen molar-refractivity contribution in [2.45, 2.75) is 25.9 Å². The fourth-order valence-electron chi connectivity index (χ4n) is 2.81. The third kappa shape index (κ3) is 3.73. The van der Waals surface area contributed by atoms with Gasteiger partial charge in [0.25, 0.3) is 0 Å². The van der Waals surface area contributed by atoms with Gasteiger partial charge in [0.2, 0.25) is 5.88 Å². The number of para-hydroxylation sites is 1. The van der Waals surface area contributed by atoms with Crippen molar-refractivity contribution in [3.63, 3.8) is 0 Å². The molecular formula is C16H21N3O3S. The summed E-state index contributed by atoms with van der Waals surface area (Å²) in [7, 11) is -1.04. The predicted octanol–water partition coefficient (Wildman–Crippen LogP) is 1.80. The van der Waals surface area contributed by atoms with E-state index < -0.39 is 9.84 Å². The van der Waals surface area contributed by atoms with Crippen molar-refractivity contribution in [2.24, 2.45) is 7.05 Å². The molecule has 7 heteroatoms. The molecule has 1 aromatic carbocycles. The van der Waals surface area contributed by atoms with Crippen LogP contribution < -0.4 is 10.1 Å². The summed E-state index contributed by atoms with van der Waals surface area (Å²) in [5.41, 5.74) is 1.84. The SMILES string of the molecule is Cc1nn(C)c(Oc2ccccc2)c1CN[C@H]1CCS(=O)(=O)C1. The van der Waals surface area contributed by atoms with Crippen molar-refractivity contribution in [1.29, 1.82) is 0 Å². The molecule has 1 atom stereocenters. The largest absolute Gasteiger partial charge is 0.439 e. The van der Waals surface area contributed by atoms with E-state index in [1.54, 1.807) is 4.68 Å². The monoisotopic (exact) mass is 335 g/mol. The Morgan fingerprint density at radius 2 is 2.09 bits per heavy atom. The standard InChI is InChI=1S/C16H21N3O3S/c1-12-15(10-17-13-8-9-23(20,21)11-13)16(19(2)18-12)22-14-6-4-3-5-7-14/h3-7,13,17H,8-11H2,1-2H3/t13-/m0/s1. The lowest BCUT2D eigenvalue weighted by Gasteiger charge is -2.12. The van der Waals surface area contributed by atoms with E-state index in [2.05, 4.69) is 10.4 Å². The van der Waals surface area contributed by atoms with Crippen LogP contribution in [-0.2, 0) is 23.4 Å². The van der Waals surface area contributed by atoms with E-state index in [1.807, 2.05) is 44.3 Å². The Labute approximate surface area is 136 Å². The number of rotatable bonds is 5. The van der Waals surface area contributed by atoms with Gasteiger partial charge >= 0.3 is 0 Å². The number of ether oxygens (including phenoxy) is 1. The minimum Gasteiger partial charge on any atom is -0.439 e. The number of aryl methyl sites for hydroxylation is 2. The number of sulfone groups is 1. The summed E-state index contributed by atoms with van der Waals surface area (Å²) in [4.78, 5) is 0. The average molecular weight is 335 g/mol. The van der Waals surface area contributed by atoms with Gasteiger partial charge in [-0.15, -0.1) is 0 Å². The van der Waals surface area contributed by atoms with E-state index in [1.165, 1.54) is 0 Å². The molecule has 0 bridgehead atoms. The first kappa shape index (κ1) is 16.0. The van der Waals surface area contributed by atoms with Gasteiger partial charge in [0.15, 0.2) is 9.84 Å². The molecule has 23 heavy (non-hydrogen) atoms. The first-order chi connectivity index (χ1) is 10.9. The van der Waals surface area contributed by atoms with Gasteiger partial charge in [0.1, 0.15) is 5.75 Å². The van der Waals surface area contributed by atoms with Gasteiger partial charge in [-0.25, -0.2) is 13.1 Å². The van der Waals surface area contributed by atoms with Crippen LogP contribution in [0.5, 0.6) is 11.6 Å². The Bertz CT molecular complexity index is 784. The Balaban J connectivity index is 1.74. The summed E-state index contributed by atoms with van der Waals surface area (Å²) in [6.45, 7) is 2.47. The zero-order valence-electron chi connectivity index (χ0n) is 13.3. The van der Waals surface area contributed by atoms with Crippen LogP contribution in [0, 0.1) is 6.92 Å². The highest BCUT2D eigenvalue weighted by molar-refractivity contribution is 7.91. The van der Waals surface area contributed by atoms with Gasteiger partial charge in [-0.3, -0.25) is 0 Å². The van der Waals surface area contributed by atoms with Gasteiger partial charge in [-0.1, -0.05) is 18.2 Å². The molecule has 1 fully saturated rings. The Morgan fingerprint density at radius 1 is 1.35 bits per heavy atom. The molecule has 124 valence electrons. The van der Waals surface area contributed by atoms with Crippen LogP contribution in [0.15, 0.2) is 30.3 Å². The van der Waals surface area contributed by atoms with E-state index in [9.17, 15) is 8.42 Å². The summed E-state index contributed by atoms with van der Waals surface area (Å²) >= 11 is 0. The van der Waals surface area contributed by atoms with Crippen molar-refractivity contribution in [2.75, 3.05) is 11.5 Å². The van der Waals surface area contributed by atoms with Gasteiger partial charge in [-0.05, 0) is 25.5 Å². The van der Waals surface area contributed by atoms with Crippen molar-refractivity contribution < 1.29 is 13.2 Å². The summed E-state index contributed by atoms with van der Waals surface area (Å²) in [6.07, 6.45) is 0.663. The minimum absolute atomic E-state index is 0.00387. The molecule has 6 nitrogen and oxygen atoms in total. The molecule has 2 heterocycles. The molecule has 0 saturated carbocycles. The van der Waals surface area contributed by atoms with Crippen LogP contribution in [0.25, 0.3) is 0 Å². The van der Waals surface area contributed by atoms with E-state index in [-0.39, 0.29) is 17.5 Å². The quantitative estimate of drug-likeness (QED) is 0.902. The van der Waals surface area contributed by atoms with Gasteiger partial charge in [0, 0.05) is 19.6 Å². The van der Waals surface area contributed by atoms with E-state index in [0.717, 1.165) is 17.0 Å². The predicted molar refractivity (Wildman–Crippen MR) is 88.4 cm³/mol. The molecule has 3 rings (SSSR count). The molecule has 0 amide bonds. The zero-order valence-corrected chi connectivity index (χ0v) is 14.1. The van der Waals surface area contributed by atoms with Crippen LogP contribution in [0.4, 0.5) is 0 Å². The maximum absolute atomic E-state index is 11.6. The average Bonchev–Trinajstić information content (AvgIpc) is 2.98. The first-order valence-corrected chi connectivity index (χ1v) is 9.46. The van der Waals surface area contributed by atoms with Crippen molar-refractivity contribution in [1.82, 2.24) is 15.1 Å². The Morgan fingerprint density at radius 3 is 2.74 bits per heavy atom. The molecule has 0 aliphatic carbocycles. The molecule has 1 aliphatic rings. The number of hydrogen-bond donors (Lipinski definition) is 1. The second-order valence-corrected chi connectivity index (χ2v) is 8.12. The van der Waals surface area contributed by atoms with E-state index in [0.29, 0.717) is 18.8 Å². The van der Waals surface area contributed by atoms with Gasteiger partial charge < -0.3 is 10.1 Å². The molecule has 0 unspecified atom stereocenters. The van der Waals surface area contributed by atoms with Crippen molar-refractivity contribution in [3.8, 4) is 11.6 Å². The van der Waals surface area contributed by atoms with Crippen LogP contribution in [0.1, 0.15) is 17.7 Å². The lowest BCUT2D eigenvalue weighted by atomic mass is 10.2. The highest BCUT2D eigenvalue weighted by atomic mass is 32.2. The fourth-order valence-corrected chi connectivity index (χ4v) is 4.52. The minimum atomic E-state index is -2.88. The Hall–Kier alpha value is -1.86. The maximum Gasteiger partial charge on any atom is 0.222 e. The highest BCUT2D eigenvalue weighted by Gasteiger charge is 2.28. The highest BCUT2D eigenvalue weighted by Crippen LogP contribution is 2.27. The third-order valence-corrected chi connectivity index (χ3v) is 5.81. The molecule has 0 spiro atoms. The molecule has 1 saturated heterocycles. The van der Waals surface area contributed by atoms with E-state index >= 15 is 0 Å². The summed E-state index contributed by atoms with van der Waals surface area (Å²) < 4.78 is 30.8. The normalized spacial score (nSPS) is 19.8. The van der Waals surface area contributed by atoms with Crippen LogP contribution in [0.2, 0.25) is 0 Å². The lowest BCUT2D eigenvalue weighted by Crippen LogP contribution is -2.29. The molecule has 1 N–H and O–H groups in total. The molecule has 1 aromatic heterocycles. The first-order valence-electron chi connectivity index (χ1n) is 7.64. The third-order valence-electron chi connectivity index (χ3n) is 4.05. The number of hydrogen-bond acceptors (Lipinski definition) is 5. The summed E-state index contributed by atoms with van der Waals surface area (Å²) in [5.74, 6) is 1.91. The number of benzene rings is 1.